The maximum Gasteiger partial charge on any atom is 0.446 e. The topological polar surface area (TPSA) is 0 Å². The predicted octanol–water partition coefficient (Wildman–Crippen LogP) is 5.54. The van der Waals surface area contributed by atoms with Crippen LogP contribution in [0.3, 0.4) is 0 Å². The molecule has 0 heterocycles. The van der Waals surface area contributed by atoms with Gasteiger partial charge >= 0.3 is 5.51 Å². The highest BCUT2D eigenvalue weighted by molar-refractivity contribution is 8.00. The van der Waals surface area contributed by atoms with Crippen LogP contribution in [0.25, 0.3) is 0 Å². The molecule has 1 aromatic rings. The normalized spacial score (nSPS) is 16.6. The van der Waals surface area contributed by atoms with Crippen LogP contribution >= 0.6 is 11.8 Å². The van der Waals surface area contributed by atoms with Crippen LogP contribution in [0.5, 0.6) is 0 Å². The van der Waals surface area contributed by atoms with Crippen molar-refractivity contribution in [3.8, 4) is 11.8 Å². The second-order valence-electron chi connectivity index (χ2n) is 5.15. The average molecular weight is 298 g/mol. The summed E-state index contributed by atoms with van der Waals surface area (Å²) in [5, 5.41) is 0. The van der Waals surface area contributed by atoms with Crippen molar-refractivity contribution in [2.45, 2.75) is 49.4 Å². The summed E-state index contributed by atoms with van der Waals surface area (Å²) in [5.74, 6) is 6.46. The smallest absolute Gasteiger partial charge is 0.160 e. The van der Waals surface area contributed by atoms with E-state index in [1.165, 1.54) is 19.3 Å². The van der Waals surface area contributed by atoms with E-state index < -0.39 is 5.51 Å². The number of halogens is 3. The first-order chi connectivity index (χ1) is 9.44. The van der Waals surface area contributed by atoms with Gasteiger partial charge in [0.1, 0.15) is 0 Å². The molecule has 0 bridgehead atoms. The van der Waals surface area contributed by atoms with Crippen molar-refractivity contribution < 1.29 is 13.2 Å². The minimum absolute atomic E-state index is 0.0744. The zero-order chi connectivity index (χ0) is 14.6. The third-order valence-electron chi connectivity index (χ3n) is 3.38. The van der Waals surface area contributed by atoms with E-state index in [4.69, 9.17) is 0 Å². The molecule has 2 rings (SSSR count). The van der Waals surface area contributed by atoms with Crippen LogP contribution < -0.4 is 0 Å². The number of benzene rings is 1. The maximum absolute atomic E-state index is 12.6. The highest BCUT2D eigenvalue weighted by Gasteiger charge is 2.30. The second kappa shape index (κ2) is 6.58. The lowest BCUT2D eigenvalue weighted by Crippen LogP contribution is -2.03. The van der Waals surface area contributed by atoms with Crippen molar-refractivity contribution in [3.05, 3.63) is 29.3 Å². The fourth-order valence-electron chi connectivity index (χ4n) is 2.37. The number of alkyl halides is 3. The molecule has 0 aliphatic heterocycles. The second-order valence-corrected chi connectivity index (χ2v) is 6.26. The molecule has 0 amide bonds. The number of hydrogen-bond donors (Lipinski definition) is 0. The first kappa shape index (κ1) is 15.3. The Balaban J connectivity index is 2.20. The largest absolute Gasteiger partial charge is 0.446 e. The van der Waals surface area contributed by atoms with Gasteiger partial charge in [0.15, 0.2) is 0 Å². The van der Waals surface area contributed by atoms with Crippen LogP contribution in [0.15, 0.2) is 23.1 Å². The molecule has 0 N–H and O–H groups in total. The average Bonchev–Trinajstić information content (AvgIpc) is 2.37. The fourth-order valence-corrected chi connectivity index (χ4v) is 3.09. The van der Waals surface area contributed by atoms with E-state index >= 15 is 0 Å². The van der Waals surface area contributed by atoms with E-state index in [9.17, 15) is 13.2 Å². The Morgan fingerprint density at radius 1 is 1.15 bits per heavy atom. The summed E-state index contributed by atoms with van der Waals surface area (Å²) >= 11 is -0.0744. The van der Waals surface area contributed by atoms with E-state index in [1.807, 2.05) is 6.07 Å². The fraction of sp³-hybridized carbons (Fsp3) is 0.500. The molecule has 1 aliphatic carbocycles. The summed E-state index contributed by atoms with van der Waals surface area (Å²) in [6.45, 7) is 1.79. The first-order valence-electron chi connectivity index (χ1n) is 6.82. The van der Waals surface area contributed by atoms with Crippen molar-refractivity contribution in [2.24, 2.45) is 5.92 Å². The van der Waals surface area contributed by atoms with Gasteiger partial charge in [0.05, 0.1) is 0 Å². The Bertz CT molecular complexity index is 517. The quantitative estimate of drug-likeness (QED) is 0.484. The molecule has 108 valence electrons. The molecule has 0 spiro atoms. The van der Waals surface area contributed by atoms with Gasteiger partial charge in [-0.25, -0.2) is 0 Å². The van der Waals surface area contributed by atoms with Crippen LogP contribution in [0, 0.1) is 24.7 Å². The van der Waals surface area contributed by atoms with Crippen molar-refractivity contribution in [1.29, 1.82) is 0 Å². The van der Waals surface area contributed by atoms with Gasteiger partial charge in [0, 0.05) is 16.4 Å². The van der Waals surface area contributed by atoms with Gasteiger partial charge in [-0.05, 0) is 49.2 Å². The van der Waals surface area contributed by atoms with Crippen LogP contribution in [-0.4, -0.2) is 5.51 Å². The first-order valence-corrected chi connectivity index (χ1v) is 7.63. The number of rotatable bonds is 1. The van der Waals surface area contributed by atoms with E-state index in [0.29, 0.717) is 11.5 Å². The van der Waals surface area contributed by atoms with Crippen molar-refractivity contribution in [1.82, 2.24) is 0 Å². The van der Waals surface area contributed by atoms with Gasteiger partial charge in [0.25, 0.3) is 0 Å². The maximum atomic E-state index is 12.6. The molecule has 1 saturated carbocycles. The standard InChI is InChI=1S/C16H17F3S/c1-12-7-9-14(15(11-12)20-16(17,18)19)10-8-13-5-3-2-4-6-13/h7,9,11,13H,2-6H2,1H3. The summed E-state index contributed by atoms with van der Waals surface area (Å²) in [6.07, 6.45) is 5.74. The molecule has 4 heteroatoms. The van der Waals surface area contributed by atoms with Gasteiger partial charge in [-0.3, -0.25) is 0 Å². The number of aryl methyl sites for hydroxylation is 1. The molecule has 1 fully saturated rings. The number of thioether (sulfide) groups is 1. The molecular weight excluding hydrogens is 281 g/mol. The summed E-state index contributed by atoms with van der Waals surface area (Å²) in [7, 11) is 0. The molecule has 0 unspecified atom stereocenters. The highest BCUT2D eigenvalue weighted by atomic mass is 32.2. The molecule has 1 aromatic carbocycles. The third-order valence-corrected chi connectivity index (χ3v) is 4.17. The van der Waals surface area contributed by atoms with Gasteiger partial charge in [-0.1, -0.05) is 37.2 Å². The molecule has 0 nitrogen and oxygen atoms in total. The van der Waals surface area contributed by atoms with E-state index in [0.717, 1.165) is 18.4 Å². The van der Waals surface area contributed by atoms with Crippen molar-refractivity contribution in [3.63, 3.8) is 0 Å². The van der Waals surface area contributed by atoms with Crippen LogP contribution in [0.4, 0.5) is 13.2 Å². The van der Waals surface area contributed by atoms with Crippen LogP contribution in [0.1, 0.15) is 43.2 Å². The van der Waals surface area contributed by atoms with Crippen molar-refractivity contribution in [2.75, 3.05) is 0 Å². The van der Waals surface area contributed by atoms with Gasteiger partial charge in [-0.15, -0.1) is 0 Å². The van der Waals surface area contributed by atoms with Gasteiger partial charge < -0.3 is 0 Å². The van der Waals surface area contributed by atoms with Crippen molar-refractivity contribution >= 4 is 11.8 Å². The number of hydrogen-bond acceptors (Lipinski definition) is 1. The Kier molecular flexibility index (Phi) is 5.04. The zero-order valence-corrected chi connectivity index (χ0v) is 12.2. The SMILES string of the molecule is Cc1ccc(C#CC2CCCCC2)c(SC(F)(F)F)c1. The predicted molar refractivity (Wildman–Crippen MR) is 76.5 cm³/mol. The molecule has 0 aromatic heterocycles. The minimum atomic E-state index is -4.27. The minimum Gasteiger partial charge on any atom is -0.160 e. The van der Waals surface area contributed by atoms with E-state index in [-0.39, 0.29) is 16.7 Å². The van der Waals surface area contributed by atoms with Gasteiger partial charge in [-0.2, -0.15) is 13.2 Å². The van der Waals surface area contributed by atoms with E-state index in [2.05, 4.69) is 11.8 Å². The summed E-state index contributed by atoms with van der Waals surface area (Å²) in [6, 6.07) is 5.06. The molecule has 20 heavy (non-hydrogen) atoms. The molecule has 0 radical (unpaired) electrons. The van der Waals surface area contributed by atoms with Gasteiger partial charge in [0.2, 0.25) is 0 Å². The Labute approximate surface area is 122 Å². The molecule has 1 aliphatic rings. The lowest BCUT2D eigenvalue weighted by atomic mass is 9.89. The highest BCUT2D eigenvalue weighted by Crippen LogP contribution is 2.38. The molecular formula is C16H17F3S. The van der Waals surface area contributed by atoms with E-state index in [1.54, 1.807) is 19.1 Å². The zero-order valence-electron chi connectivity index (χ0n) is 11.4. The third kappa shape index (κ3) is 4.79. The molecule has 0 atom stereocenters. The summed E-state index contributed by atoms with van der Waals surface area (Å²) in [4.78, 5) is 0.209. The monoisotopic (exact) mass is 298 g/mol. The summed E-state index contributed by atoms with van der Waals surface area (Å²) in [5.41, 5.74) is -2.96. The Hall–Kier alpha value is -1.08. The Morgan fingerprint density at radius 2 is 1.85 bits per heavy atom. The van der Waals surface area contributed by atoms with Crippen LogP contribution in [0.2, 0.25) is 0 Å². The lowest BCUT2D eigenvalue weighted by Gasteiger charge is -2.15. The lowest BCUT2D eigenvalue weighted by molar-refractivity contribution is -0.0328. The summed E-state index contributed by atoms with van der Waals surface area (Å²) < 4.78 is 37.7. The van der Waals surface area contributed by atoms with Crippen LogP contribution in [-0.2, 0) is 0 Å². The molecule has 0 saturated heterocycles. The Morgan fingerprint density at radius 3 is 2.50 bits per heavy atom.